The Morgan fingerprint density at radius 3 is 2.74 bits per heavy atom. The maximum absolute atomic E-state index is 6.39. The molecule has 4 rings (SSSR count). The number of thiophene rings is 1. The highest BCUT2D eigenvalue weighted by atomic mass is 35.5. The number of thiocarbonyl (C=S) groups is 1. The number of aromatic nitrogens is 1. The van der Waals surface area contributed by atoms with Crippen molar-refractivity contribution >= 4 is 46.0 Å². The fourth-order valence-electron chi connectivity index (χ4n) is 3.39. The molecule has 1 aliphatic rings. The molecule has 1 N–H and O–H groups in total. The number of nitrogens with one attached hydrogen (secondary N) is 1. The number of benzene rings is 1. The Morgan fingerprint density at radius 1 is 1.26 bits per heavy atom. The molecule has 1 aromatic carbocycles. The summed E-state index contributed by atoms with van der Waals surface area (Å²) in [6.45, 7) is 2.13. The van der Waals surface area contributed by atoms with E-state index < -0.39 is 0 Å². The number of methoxy groups -OCH3 is 1. The van der Waals surface area contributed by atoms with Crippen LogP contribution in [0, 0.1) is 6.92 Å². The summed E-state index contributed by atoms with van der Waals surface area (Å²) < 4.78 is 5.29. The number of hydrogen-bond donors (Lipinski definition) is 1. The van der Waals surface area contributed by atoms with Crippen molar-refractivity contribution in [2.75, 3.05) is 12.0 Å². The Kier molecular flexibility index (Phi) is 5.04. The largest absolute Gasteiger partial charge is 0.495 e. The Morgan fingerprint density at radius 2 is 2.11 bits per heavy atom. The molecule has 138 valence electrons. The van der Waals surface area contributed by atoms with Crippen LogP contribution < -0.4 is 15.0 Å². The third kappa shape index (κ3) is 3.29. The fraction of sp³-hybridized carbons (Fsp3) is 0.200. The van der Waals surface area contributed by atoms with Gasteiger partial charge in [0.1, 0.15) is 5.75 Å². The molecule has 3 aromatic rings. The molecule has 3 heterocycles. The quantitative estimate of drug-likeness (QED) is 0.586. The summed E-state index contributed by atoms with van der Waals surface area (Å²) >= 11 is 13.8. The minimum Gasteiger partial charge on any atom is -0.495 e. The van der Waals surface area contributed by atoms with E-state index in [9.17, 15) is 0 Å². The minimum absolute atomic E-state index is 0.00291. The van der Waals surface area contributed by atoms with Crippen molar-refractivity contribution in [1.29, 1.82) is 0 Å². The van der Waals surface area contributed by atoms with Crippen LogP contribution in [0.2, 0.25) is 5.02 Å². The van der Waals surface area contributed by atoms with Crippen LogP contribution in [0.4, 0.5) is 5.69 Å². The standard InChI is InChI=1S/C20H18ClN3OS2/c1-12-8-10-27-19(12)18-17(15-5-3-4-9-22-15)23-20(26)24(18)13-6-7-16(25-2)14(21)11-13/h3-11,17-18H,1-2H3,(H,23,26)/t17-,18-/m1/s1. The number of aryl methyl sites for hydroxylation is 1. The molecule has 27 heavy (non-hydrogen) atoms. The van der Waals surface area contributed by atoms with Crippen LogP contribution in [0.25, 0.3) is 0 Å². The van der Waals surface area contributed by atoms with E-state index >= 15 is 0 Å². The highest BCUT2D eigenvalue weighted by Crippen LogP contribution is 2.45. The first-order valence-electron chi connectivity index (χ1n) is 8.48. The van der Waals surface area contributed by atoms with E-state index in [0.29, 0.717) is 15.9 Å². The summed E-state index contributed by atoms with van der Waals surface area (Å²) in [7, 11) is 1.61. The van der Waals surface area contributed by atoms with Gasteiger partial charge in [0.25, 0.3) is 0 Å². The first-order valence-corrected chi connectivity index (χ1v) is 10.1. The second-order valence-electron chi connectivity index (χ2n) is 6.28. The Hall–Kier alpha value is -2.15. The summed E-state index contributed by atoms with van der Waals surface area (Å²) in [6.07, 6.45) is 1.81. The van der Waals surface area contributed by atoms with Crippen molar-refractivity contribution in [3.63, 3.8) is 0 Å². The number of halogens is 1. The Bertz CT molecular complexity index is 976. The van der Waals surface area contributed by atoms with Crippen molar-refractivity contribution in [2.24, 2.45) is 0 Å². The zero-order valence-corrected chi connectivity index (χ0v) is 17.2. The Balaban J connectivity index is 1.83. The van der Waals surface area contributed by atoms with Crippen molar-refractivity contribution in [1.82, 2.24) is 10.3 Å². The second-order valence-corrected chi connectivity index (χ2v) is 8.02. The van der Waals surface area contributed by atoms with Crippen LogP contribution in [-0.4, -0.2) is 17.2 Å². The molecule has 4 nitrogen and oxygen atoms in total. The lowest BCUT2D eigenvalue weighted by atomic mass is 10.0. The van der Waals surface area contributed by atoms with Crippen LogP contribution in [-0.2, 0) is 0 Å². The first-order chi connectivity index (χ1) is 13.1. The fourth-order valence-corrected chi connectivity index (χ4v) is 5.04. The maximum Gasteiger partial charge on any atom is 0.174 e. The molecule has 2 aromatic heterocycles. The zero-order chi connectivity index (χ0) is 19.0. The lowest BCUT2D eigenvalue weighted by molar-refractivity contribution is 0.415. The Labute approximate surface area is 172 Å². The molecule has 0 bridgehead atoms. The van der Waals surface area contributed by atoms with Gasteiger partial charge >= 0.3 is 0 Å². The minimum atomic E-state index is -0.0445. The predicted octanol–water partition coefficient (Wildman–Crippen LogP) is 5.29. The van der Waals surface area contributed by atoms with Gasteiger partial charge < -0.3 is 15.0 Å². The smallest absolute Gasteiger partial charge is 0.174 e. The van der Waals surface area contributed by atoms with E-state index in [1.54, 1.807) is 18.4 Å². The van der Waals surface area contributed by atoms with Crippen LogP contribution >= 0.6 is 35.2 Å². The van der Waals surface area contributed by atoms with Gasteiger partial charge in [-0.2, -0.15) is 0 Å². The van der Waals surface area contributed by atoms with E-state index in [2.05, 4.69) is 33.6 Å². The van der Waals surface area contributed by atoms with Gasteiger partial charge in [0.05, 0.1) is 29.9 Å². The predicted molar refractivity (Wildman–Crippen MR) is 115 cm³/mol. The molecule has 0 spiro atoms. The molecular weight excluding hydrogens is 398 g/mol. The third-order valence-electron chi connectivity index (χ3n) is 4.68. The van der Waals surface area contributed by atoms with Crippen molar-refractivity contribution < 1.29 is 4.74 Å². The number of rotatable bonds is 4. The van der Waals surface area contributed by atoms with Gasteiger partial charge in [-0.25, -0.2) is 0 Å². The van der Waals surface area contributed by atoms with Gasteiger partial charge in [0.2, 0.25) is 0 Å². The van der Waals surface area contributed by atoms with Crippen molar-refractivity contribution in [3.05, 3.63) is 75.2 Å². The van der Waals surface area contributed by atoms with Gasteiger partial charge in [0.15, 0.2) is 5.11 Å². The van der Waals surface area contributed by atoms with E-state index in [-0.39, 0.29) is 12.1 Å². The molecule has 2 atom stereocenters. The van der Waals surface area contributed by atoms with Gasteiger partial charge in [-0.15, -0.1) is 11.3 Å². The number of pyridine rings is 1. The van der Waals surface area contributed by atoms with E-state index in [1.165, 1.54) is 10.4 Å². The lowest BCUT2D eigenvalue weighted by Gasteiger charge is -2.28. The zero-order valence-electron chi connectivity index (χ0n) is 14.8. The van der Waals surface area contributed by atoms with Crippen LogP contribution in [0.15, 0.2) is 54.0 Å². The molecule has 1 saturated heterocycles. The van der Waals surface area contributed by atoms with Gasteiger partial charge in [-0.1, -0.05) is 17.7 Å². The molecule has 0 unspecified atom stereocenters. The molecule has 0 amide bonds. The van der Waals surface area contributed by atoms with E-state index in [4.69, 9.17) is 28.6 Å². The summed E-state index contributed by atoms with van der Waals surface area (Å²) in [5.41, 5.74) is 3.12. The molecule has 7 heteroatoms. The van der Waals surface area contributed by atoms with Crippen LogP contribution in [0.1, 0.15) is 28.2 Å². The molecule has 0 aliphatic carbocycles. The van der Waals surface area contributed by atoms with Crippen LogP contribution in [0.3, 0.4) is 0 Å². The average Bonchev–Trinajstić information content (AvgIpc) is 3.25. The van der Waals surface area contributed by atoms with Crippen molar-refractivity contribution in [2.45, 2.75) is 19.0 Å². The number of ether oxygens (including phenoxy) is 1. The van der Waals surface area contributed by atoms with Crippen LogP contribution in [0.5, 0.6) is 5.75 Å². The third-order valence-corrected chi connectivity index (χ3v) is 6.38. The van der Waals surface area contributed by atoms with Crippen molar-refractivity contribution in [3.8, 4) is 5.75 Å². The molecular formula is C20H18ClN3OS2. The molecule has 0 radical (unpaired) electrons. The van der Waals surface area contributed by atoms with Gasteiger partial charge in [-0.05, 0) is 66.5 Å². The van der Waals surface area contributed by atoms with E-state index in [1.807, 2.05) is 42.6 Å². The second kappa shape index (κ2) is 7.46. The number of nitrogens with zero attached hydrogens (tertiary/aromatic N) is 2. The highest BCUT2D eigenvalue weighted by Gasteiger charge is 2.42. The normalized spacial score (nSPS) is 19.2. The number of hydrogen-bond acceptors (Lipinski definition) is 4. The van der Waals surface area contributed by atoms with Gasteiger partial charge in [-0.3, -0.25) is 4.98 Å². The summed E-state index contributed by atoms with van der Waals surface area (Å²) in [4.78, 5) is 7.95. The number of anilines is 1. The lowest BCUT2D eigenvalue weighted by Crippen LogP contribution is -2.29. The first kappa shape index (κ1) is 18.2. The van der Waals surface area contributed by atoms with Gasteiger partial charge in [0, 0.05) is 16.8 Å². The summed E-state index contributed by atoms with van der Waals surface area (Å²) in [5.74, 6) is 0.642. The maximum atomic E-state index is 6.39. The summed E-state index contributed by atoms with van der Waals surface area (Å²) in [5, 5.41) is 6.78. The molecule has 1 aliphatic heterocycles. The highest BCUT2D eigenvalue weighted by molar-refractivity contribution is 7.80. The topological polar surface area (TPSA) is 37.4 Å². The molecule has 1 fully saturated rings. The SMILES string of the molecule is COc1ccc(N2C(=S)N[C@H](c3ccccn3)[C@@H]2c2sccc2C)cc1Cl. The average molecular weight is 416 g/mol. The molecule has 0 saturated carbocycles. The monoisotopic (exact) mass is 415 g/mol. The van der Waals surface area contributed by atoms with E-state index in [0.717, 1.165) is 11.4 Å². The summed E-state index contributed by atoms with van der Waals surface area (Å²) in [6, 6.07) is 13.8.